The minimum atomic E-state index is -0.395. The average Bonchev–Trinajstić information content (AvgIpc) is 2.51. The van der Waals surface area contributed by atoms with Gasteiger partial charge in [0.1, 0.15) is 17.4 Å². The second-order valence-electron chi connectivity index (χ2n) is 4.99. The lowest BCUT2D eigenvalue weighted by atomic mass is 10.1. The third-order valence-electron chi connectivity index (χ3n) is 3.43. The summed E-state index contributed by atoms with van der Waals surface area (Å²) in [6, 6.07) is 11.1. The first kappa shape index (κ1) is 15.5. The van der Waals surface area contributed by atoms with Crippen LogP contribution in [-0.2, 0) is 0 Å². The quantitative estimate of drug-likeness (QED) is 0.817. The first-order valence-corrected chi connectivity index (χ1v) is 6.81. The molecular weight excluding hydrogens is 278 g/mol. The zero-order valence-electron chi connectivity index (χ0n) is 13.0. The molecule has 2 rings (SSSR count). The molecule has 0 N–H and O–H groups in total. The van der Waals surface area contributed by atoms with Crippen molar-refractivity contribution in [3.05, 3.63) is 63.1 Å². The number of nitriles is 1. The van der Waals surface area contributed by atoms with Crippen molar-refractivity contribution in [2.75, 3.05) is 7.11 Å². The highest BCUT2D eigenvalue weighted by molar-refractivity contribution is 5.98. The lowest BCUT2D eigenvalue weighted by Gasteiger charge is -2.09. The lowest BCUT2D eigenvalue weighted by Crippen LogP contribution is -2.23. The van der Waals surface area contributed by atoms with Crippen LogP contribution in [0, 0.1) is 25.2 Å². The zero-order chi connectivity index (χ0) is 16.3. The van der Waals surface area contributed by atoms with Crippen LogP contribution in [0.2, 0.25) is 0 Å². The SMILES string of the molecule is COc1ccc(C(C)=Nn2c(C)cc(C)c(C#N)c2=O)cc1. The minimum Gasteiger partial charge on any atom is -0.497 e. The largest absolute Gasteiger partial charge is 0.497 e. The average molecular weight is 295 g/mol. The zero-order valence-corrected chi connectivity index (χ0v) is 13.0. The van der Waals surface area contributed by atoms with Gasteiger partial charge >= 0.3 is 0 Å². The summed E-state index contributed by atoms with van der Waals surface area (Å²) in [5.74, 6) is 0.756. The second-order valence-corrected chi connectivity index (χ2v) is 4.99. The molecule has 0 bridgehead atoms. The van der Waals surface area contributed by atoms with E-state index < -0.39 is 5.56 Å². The molecule has 0 radical (unpaired) electrons. The summed E-state index contributed by atoms with van der Waals surface area (Å²) in [4.78, 5) is 12.3. The van der Waals surface area contributed by atoms with Crippen LogP contribution in [0.1, 0.15) is 29.3 Å². The van der Waals surface area contributed by atoms with Crippen molar-refractivity contribution in [2.45, 2.75) is 20.8 Å². The van der Waals surface area contributed by atoms with Gasteiger partial charge in [0.25, 0.3) is 5.56 Å². The summed E-state index contributed by atoms with van der Waals surface area (Å²) in [5, 5.41) is 13.5. The summed E-state index contributed by atoms with van der Waals surface area (Å²) in [6.45, 7) is 5.36. The van der Waals surface area contributed by atoms with Gasteiger partial charge < -0.3 is 4.74 Å². The normalized spacial score (nSPS) is 11.1. The van der Waals surface area contributed by atoms with E-state index in [-0.39, 0.29) is 5.56 Å². The van der Waals surface area contributed by atoms with Gasteiger partial charge in [-0.3, -0.25) is 4.79 Å². The molecule has 0 saturated carbocycles. The number of benzene rings is 1. The molecule has 0 aliphatic carbocycles. The Hall–Kier alpha value is -2.87. The molecule has 0 fully saturated rings. The first-order valence-electron chi connectivity index (χ1n) is 6.81. The van der Waals surface area contributed by atoms with E-state index in [1.807, 2.05) is 37.3 Å². The molecule has 1 aromatic heterocycles. The molecule has 2 aromatic rings. The summed E-state index contributed by atoms with van der Waals surface area (Å²) in [7, 11) is 1.61. The van der Waals surface area contributed by atoms with Crippen LogP contribution in [0.25, 0.3) is 0 Å². The highest BCUT2D eigenvalue weighted by atomic mass is 16.5. The van der Waals surface area contributed by atoms with Crippen molar-refractivity contribution in [1.29, 1.82) is 5.26 Å². The van der Waals surface area contributed by atoms with Crippen LogP contribution in [0.15, 0.2) is 40.2 Å². The number of ether oxygens (including phenoxy) is 1. The van der Waals surface area contributed by atoms with Crippen molar-refractivity contribution >= 4 is 5.71 Å². The first-order chi connectivity index (χ1) is 10.5. The fourth-order valence-corrected chi connectivity index (χ4v) is 2.18. The van der Waals surface area contributed by atoms with Gasteiger partial charge in [-0.2, -0.15) is 10.4 Å². The van der Waals surface area contributed by atoms with Gasteiger partial charge in [-0.15, -0.1) is 0 Å². The number of pyridine rings is 1. The van der Waals surface area contributed by atoms with E-state index in [4.69, 9.17) is 10.00 Å². The molecule has 112 valence electrons. The predicted octanol–water partition coefficient (Wildman–Crippen LogP) is 2.62. The summed E-state index contributed by atoms with van der Waals surface area (Å²) in [5.41, 5.74) is 2.64. The van der Waals surface area contributed by atoms with Crippen LogP contribution in [0.5, 0.6) is 5.75 Å². The molecule has 1 aromatic carbocycles. The van der Waals surface area contributed by atoms with Gasteiger partial charge in [0, 0.05) is 5.69 Å². The fraction of sp³-hybridized carbons (Fsp3) is 0.235. The Labute approximate surface area is 129 Å². The van der Waals surface area contributed by atoms with Gasteiger partial charge in [0.15, 0.2) is 0 Å². The van der Waals surface area contributed by atoms with E-state index in [1.165, 1.54) is 4.68 Å². The topological polar surface area (TPSA) is 67.4 Å². The molecule has 1 heterocycles. The highest BCUT2D eigenvalue weighted by Gasteiger charge is 2.10. The minimum absolute atomic E-state index is 0.122. The van der Waals surface area contributed by atoms with Crippen LogP contribution in [0.4, 0.5) is 0 Å². The molecule has 22 heavy (non-hydrogen) atoms. The molecular formula is C17H17N3O2. The van der Waals surface area contributed by atoms with Crippen molar-refractivity contribution < 1.29 is 4.74 Å². The summed E-state index contributed by atoms with van der Waals surface area (Å²) < 4.78 is 6.39. The van der Waals surface area contributed by atoms with Crippen LogP contribution < -0.4 is 10.3 Å². The Morgan fingerprint density at radius 3 is 2.45 bits per heavy atom. The van der Waals surface area contributed by atoms with E-state index in [9.17, 15) is 4.79 Å². The van der Waals surface area contributed by atoms with Crippen LogP contribution in [0.3, 0.4) is 0 Å². The maximum atomic E-state index is 12.3. The maximum absolute atomic E-state index is 12.3. The van der Waals surface area contributed by atoms with E-state index in [0.717, 1.165) is 11.3 Å². The second kappa shape index (κ2) is 6.27. The molecule has 0 aliphatic heterocycles. The Balaban J connectivity index is 2.52. The summed E-state index contributed by atoms with van der Waals surface area (Å²) in [6.07, 6.45) is 0. The monoisotopic (exact) mass is 295 g/mol. The predicted molar refractivity (Wildman–Crippen MR) is 85.5 cm³/mol. The third kappa shape index (κ3) is 2.91. The Kier molecular flexibility index (Phi) is 4.42. The Morgan fingerprint density at radius 2 is 1.91 bits per heavy atom. The molecule has 0 atom stereocenters. The standard InChI is InChI=1S/C17H17N3O2/c1-11-9-12(2)20(17(21)16(11)10-18)19-13(3)14-5-7-15(22-4)8-6-14/h5-9H,1-4H3. The fourth-order valence-electron chi connectivity index (χ4n) is 2.18. The van der Waals surface area contributed by atoms with Gasteiger partial charge in [-0.05, 0) is 62.2 Å². The van der Waals surface area contributed by atoms with Gasteiger partial charge in [0.2, 0.25) is 0 Å². The summed E-state index contributed by atoms with van der Waals surface area (Å²) >= 11 is 0. The third-order valence-corrected chi connectivity index (χ3v) is 3.43. The Bertz CT molecular complexity index is 825. The van der Waals surface area contributed by atoms with E-state index in [2.05, 4.69) is 5.10 Å². The van der Waals surface area contributed by atoms with Gasteiger partial charge in [-0.25, -0.2) is 4.68 Å². The number of hydrogen-bond donors (Lipinski definition) is 0. The highest BCUT2D eigenvalue weighted by Crippen LogP contribution is 2.12. The lowest BCUT2D eigenvalue weighted by molar-refractivity contribution is 0.415. The van der Waals surface area contributed by atoms with E-state index >= 15 is 0 Å². The number of hydrogen-bond acceptors (Lipinski definition) is 4. The number of rotatable bonds is 3. The Morgan fingerprint density at radius 1 is 1.27 bits per heavy atom. The van der Waals surface area contributed by atoms with Crippen LogP contribution in [-0.4, -0.2) is 17.5 Å². The number of nitrogens with zero attached hydrogens (tertiary/aromatic N) is 3. The van der Waals surface area contributed by atoms with Gasteiger partial charge in [-0.1, -0.05) is 0 Å². The number of aromatic nitrogens is 1. The maximum Gasteiger partial charge on any atom is 0.289 e. The molecule has 5 heteroatoms. The number of methoxy groups -OCH3 is 1. The molecule has 0 unspecified atom stereocenters. The van der Waals surface area contributed by atoms with Crippen molar-refractivity contribution in [3.63, 3.8) is 0 Å². The smallest absolute Gasteiger partial charge is 0.289 e. The van der Waals surface area contributed by atoms with Crippen molar-refractivity contribution in [3.8, 4) is 11.8 Å². The van der Waals surface area contributed by atoms with Crippen LogP contribution >= 0.6 is 0 Å². The van der Waals surface area contributed by atoms with Crippen molar-refractivity contribution in [1.82, 2.24) is 4.68 Å². The molecule has 5 nitrogen and oxygen atoms in total. The van der Waals surface area contributed by atoms with Crippen molar-refractivity contribution in [2.24, 2.45) is 5.10 Å². The molecule has 0 aliphatic rings. The molecule has 0 amide bonds. The van der Waals surface area contributed by atoms with E-state index in [1.54, 1.807) is 27.0 Å². The molecule has 0 spiro atoms. The molecule has 0 saturated heterocycles. The van der Waals surface area contributed by atoms with Gasteiger partial charge in [0.05, 0.1) is 12.8 Å². The van der Waals surface area contributed by atoms with E-state index in [0.29, 0.717) is 17.0 Å². The number of aryl methyl sites for hydroxylation is 2.